The van der Waals surface area contributed by atoms with Gasteiger partial charge in [0.25, 0.3) is 0 Å². The van der Waals surface area contributed by atoms with Gasteiger partial charge in [-0.05, 0) is 66.8 Å². The van der Waals surface area contributed by atoms with Crippen molar-refractivity contribution in [3.05, 3.63) is 99.0 Å². The van der Waals surface area contributed by atoms with E-state index in [0.29, 0.717) is 23.0 Å². The summed E-state index contributed by atoms with van der Waals surface area (Å²) in [5.74, 6) is -0.149. The Labute approximate surface area is 194 Å². The summed E-state index contributed by atoms with van der Waals surface area (Å²) in [5.41, 5.74) is 11.2. The van der Waals surface area contributed by atoms with Crippen molar-refractivity contribution in [2.75, 3.05) is 11.4 Å². The Bertz CT molecular complexity index is 1010. The van der Waals surface area contributed by atoms with Gasteiger partial charge in [-0.2, -0.15) is 0 Å². The normalized spacial score (nSPS) is 11.5. The molecule has 0 saturated heterocycles. The first-order valence-electron chi connectivity index (χ1n) is 9.50. The number of benzene rings is 3. The molecule has 0 aromatic heterocycles. The molecule has 2 N–H and O–H groups in total. The van der Waals surface area contributed by atoms with Gasteiger partial charge in [0.2, 0.25) is 5.91 Å². The highest BCUT2D eigenvalue weighted by atomic mass is 35.5. The number of nitrogens with two attached hydrogens (primary N) is 1. The molecule has 0 spiro atoms. The summed E-state index contributed by atoms with van der Waals surface area (Å²) < 4.78 is 0. The third-order valence-electron chi connectivity index (χ3n) is 5.11. The minimum absolute atomic E-state index is 0. The maximum absolute atomic E-state index is 13.3. The van der Waals surface area contributed by atoms with E-state index in [0.717, 1.165) is 22.4 Å². The van der Waals surface area contributed by atoms with E-state index >= 15 is 0 Å². The van der Waals surface area contributed by atoms with E-state index in [9.17, 15) is 4.79 Å². The molecule has 0 fully saturated rings. The SMILES string of the molecule is Cc1ccc(N(CCc2ccc(Cl)cc2Cl)C(=O)C(N)c2ccccc2)cc1C.Cl. The average Bonchev–Trinajstić information content (AvgIpc) is 2.72. The molecule has 0 bridgehead atoms. The van der Waals surface area contributed by atoms with Gasteiger partial charge in [0, 0.05) is 22.3 Å². The van der Waals surface area contributed by atoms with E-state index in [4.69, 9.17) is 28.9 Å². The van der Waals surface area contributed by atoms with Crippen molar-refractivity contribution in [3.63, 3.8) is 0 Å². The molecule has 3 aromatic carbocycles. The van der Waals surface area contributed by atoms with Crippen LogP contribution in [0.15, 0.2) is 66.7 Å². The fourth-order valence-corrected chi connectivity index (χ4v) is 3.69. The van der Waals surface area contributed by atoms with Gasteiger partial charge in [-0.25, -0.2) is 0 Å². The van der Waals surface area contributed by atoms with Crippen LogP contribution in [0.3, 0.4) is 0 Å². The van der Waals surface area contributed by atoms with Crippen molar-refractivity contribution < 1.29 is 4.79 Å². The van der Waals surface area contributed by atoms with Crippen LogP contribution in [0, 0.1) is 13.8 Å². The molecule has 30 heavy (non-hydrogen) atoms. The number of carbonyl (C=O) groups is 1. The number of anilines is 1. The van der Waals surface area contributed by atoms with Gasteiger partial charge in [0.15, 0.2) is 0 Å². The van der Waals surface area contributed by atoms with Crippen LogP contribution < -0.4 is 10.6 Å². The van der Waals surface area contributed by atoms with Crippen molar-refractivity contribution in [1.82, 2.24) is 0 Å². The third-order valence-corrected chi connectivity index (χ3v) is 5.70. The van der Waals surface area contributed by atoms with Crippen molar-refractivity contribution in [1.29, 1.82) is 0 Å². The van der Waals surface area contributed by atoms with Crippen molar-refractivity contribution in [2.45, 2.75) is 26.3 Å². The first kappa shape index (κ1) is 24.2. The van der Waals surface area contributed by atoms with Crippen molar-refractivity contribution in [3.8, 4) is 0 Å². The Balaban J connectivity index is 0.00000320. The lowest BCUT2D eigenvalue weighted by Gasteiger charge is -2.27. The van der Waals surface area contributed by atoms with Crippen LogP contribution in [0.5, 0.6) is 0 Å². The molecule has 158 valence electrons. The van der Waals surface area contributed by atoms with Crippen LogP contribution in [0.2, 0.25) is 10.0 Å². The number of rotatable bonds is 6. The van der Waals surface area contributed by atoms with Crippen LogP contribution in [-0.2, 0) is 11.2 Å². The Morgan fingerprint density at radius 2 is 1.67 bits per heavy atom. The number of aryl methyl sites for hydroxylation is 2. The van der Waals surface area contributed by atoms with Crippen molar-refractivity contribution >= 4 is 47.2 Å². The summed E-state index contributed by atoms with van der Waals surface area (Å²) in [6, 6.07) is 20.1. The molecular weight excluding hydrogens is 439 g/mol. The Morgan fingerprint density at radius 1 is 0.967 bits per heavy atom. The molecule has 3 aromatic rings. The second kappa shape index (κ2) is 10.8. The van der Waals surface area contributed by atoms with Crippen LogP contribution >= 0.6 is 35.6 Å². The first-order valence-corrected chi connectivity index (χ1v) is 10.3. The predicted octanol–water partition coefficient (Wildman–Crippen LogP) is 6.31. The van der Waals surface area contributed by atoms with Gasteiger partial charge in [0.1, 0.15) is 6.04 Å². The molecule has 0 aliphatic heterocycles. The number of hydrogen-bond acceptors (Lipinski definition) is 2. The zero-order valence-electron chi connectivity index (χ0n) is 16.9. The van der Waals surface area contributed by atoms with E-state index < -0.39 is 6.04 Å². The van der Waals surface area contributed by atoms with Crippen LogP contribution in [0.1, 0.15) is 28.3 Å². The highest BCUT2D eigenvalue weighted by Gasteiger charge is 2.24. The van der Waals surface area contributed by atoms with Crippen LogP contribution in [-0.4, -0.2) is 12.5 Å². The quantitative estimate of drug-likeness (QED) is 0.466. The summed E-state index contributed by atoms with van der Waals surface area (Å²) in [7, 11) is 0. The van der Waals surface area contributed by atoms with E-state index in [1.165, 1.54) is 5.56 Å². The number of carbonyl (C=O) groups excluding carboxylic acids is 1. The molecular formula is C24H25Cl3N2O. The minimum Gasteiger partial charge on any atom is -0.316 e. The fourth-order valence-electron chi connectivity index (χ4n) is 3.19. The maximum atomic E-state index is 13.3. The highest BCUT2D eigenvalue weighted by molar-refractivity contribution is 6.35. The monoisotopic (exact) mass is 462 g/mol. The van der Waals surface area contributed by atoms with E-state index in [1.807, 2.05) is 61.5 Å². The smallest absolute Gasteiger partial charge is 0.248 e. The topological polar surface area (TPSA) is 46.3 Å². The van der Waals surface area contributed by atoms with E-state index in [-0.39, 0.29) is 18.3 Å². The number of amides is 1. The minimum atomic E-state index is -0.738. The second-order valence-corrected chi connectivity index (χ2v) is 7.98. The lowest BCUT2D eigenvalue weighted by atomic mass is 10.0. The molecule has 1 atom stereocenters. The van der Waals surface area contributed by atoms with E-state index in [1.54, 1.807) is 17.0 Å². The van der Waals surface area contributed by atoms with Gasteiger partial charge in [-0.3, -0.25) is 4.79 Å². The molecule has 0 saturated carbocycles. The summed E-state index contributed by atoms with van der Waals surface area (Å²) in [6.07, 6.45) is 0.593. The van der Waals surface area contributed by atoms with Gasteiger partial charge < -0.3 is 10.6 Å². The zero-order chi connectivity index (χ0) is 21.0. The summed E-state index contributed by atoms with van der Waals surface area (Å²) >= 11 is 12.3. The van der Waals surface area contributed by atoms with Gasteiger partial charge in [0.05, 0.1) is 0 Å². The number of nitrogens with zero attached hydrogens (tertiary/aromatic N) is 1. The maximum Gasteiger partial charge on any atom is 0.248 e. The molecule has 0 heterocycles. The average molecular weight is 464 g/mol. The zero-order valence-corrected chi connectivity index (χ0v) is 19.3. The predicted molar refractivity (Wildman–Crippen MR) is 129 cm³/mol. The number of hydrogen-bond donors (Lipinski definition) is 1. The molecule has 1 unspecified atom stereocenters. The lowest BCUT2D eigenvalue weighted by Crippen LogP contribution is -2.40. The molecule has 0 aliphatic rings. The third kappa shape index (κ3) is 5.77. The van der Waals surface area contributed by atoms with E-state index in [2.05, 4.69) is 6.92 Å². The first-order chi connectivity index (χ1) is 13.9. The molecule has 0 aliphatic carbocycles. The van der Waals surface area contributed by atoms with Crippen molar-refractivity contribution in [2.24, 2.45) is 5.73 Å². The molecule has 3 rings (SSSR count). The van der Waals surface area contributed by atoms with Gasteiger partial charge in [-0.1, -0.05) is 65.7 Å². The molecule has 1 amide bonds. The fraction of sp³-hybridized carbons (Fsp3) is 0.208. The summed E-state index contributed by atoms with van der Waals surface area (Å²) in [4.78, 5) is 15.1. The number of halogens is 3. The largest absolute Gasteiger partial charge is 0.316 e. The van der Waals surface area contributed by atoms with Gasteiger partial charge >= 0.3 is 0 Å². The lowest BCUT2D eigenvalue weighted by molar-refractivity contribution is -0.120. The molecule has 6 heteroatoms. The standard InChI is InChI=1S/C24H24Cl2N2O.ClH/c1-16-8-11-21(14-17(16)2)28(13-12-18-9-10-20(25)15-22(18)26)24(29)23(27)19-6-4-3-5-7-19;/h3-11,14-15,23H,12-13,27H2,1-2H3;1H. The Hall–Kier alpha value is -2.04. The summed E-state index contributed by atoms with van der Waals surface area (Å²) in [5, 5.41) is 1.18. The molecule has 3 nitrogen and oxygen atoms in total. The van der Waals surface area contributed by atoms with Crippen LogP contribution in [0.4, 0.5) is 5.69 Å². The summed E-state index contributed by atoms with van der Waals surface area (Å²) in [6.45, 7) is 4.55. The molecule has 0 radical (unpaired) electrons. The highest BCUT2D eigenvalue weighted by Crippen LogP contribution is 2.25. The Morgan fingerprint density at radius 3 is 2.30 bits per heavy atom. The van der Waals surface area contributed by atoms with Crippen LogP contribution in [0.25, 0.3) is 0 Å². The second-order valence-electron chi connectivity index (χ2n) is 7.13. The van der Waals surface area contributed by atoms with Gasteiger partial charge in [-0.15, -0.1) is 12.4 Å². The Kier molecular flexibility index (Phi) is 8.75.